The predicted octanol–water partition coefficient (Wildman–Crippen LogP) is 7.60. The van der Waals surface area contributed by atoms with Crippen molar-refractivity contribution in [2.45, 2.75) is 70.8 Å². The first-order chi connectivity index (χ1) is 14.5. The Morgan fingerprint density at radius 1 is 1.17 bits per heavy atom. The lowest BCUT2D eigenvalue weighted by Crippen LogP contribution is -2.02. The van der Waals surface area contributed by atoms with Crippen LogP contribution < -0.4 is 0 Å². The molecule has 5 heteroatoms. The van der Waals surface area contributed by atoms with Crippen LogP contribution in [0.15, 0.2) is 40.9 Å². The lowest BCUT2D eigenvalue weighted by atomic mass is 9.89. The van der Waals surface area contributed by atoms with Gasteiger partial charge in [0.05, 0.1) is 6.10 Å². The molecule has 0 saturated heterocycles. The summed E-state index contributed by atoms with van der Waals surface area (Å²) in [6.45, 7) is 2.18. The Morgan fingerprint density at radius 2 is 1.93 bits per heavy atom. The summed E-state index contributed by atoms with van der Waals surface area (Å²) >= 11 is 5.18. The SMILES string of the molecule is CCCCC[C@H](O)c1ccc(C2=C(Br)CCC2CCCc2ccc(C(=O)O)s2)cc1. The van der Waals surface area contributed by atoms with Crippen molar-refractivity contribution in [1.29, 1.82) is 0 Å². The van der Waals surface area contributed by atoms with E-state index in [4.69, 9.17) is 5.11 Å². The van der Waals surface area contributed by atoms with Crippen LogP contribution >= 0.6 is 27.3 Å². The zero-order chi connectivity index (χ0) is 21.5. The predicted molar refractivity (Wildman–Crippen MR) is 128 cm³/mol. The van der Waals surface area contributed by atoms with E-state index in [1.807, 2.05) is 6.07 Å². The first kappa shape index (κ1) is 23.2. The molecule has 0 spiro atoms. The number of aryl methyl sites for hydroxylation is 1. The molecule has 0 aliphatic heterocycles. The number of hydrogen-bond donors (Lipinski definition) is 2. The quantitative estimate of drug-likeness (QED) is 0.318. The summed E-state index contributed by atoms with van der Waals surface area (Å²) in [7, 11) is 0. The number of carboxylic acids is 1. The number of aliphatic hydroxyl groups excluding tert-OH is 1. The van der Waals surface area contributed by atoms with E-state index < -0.39 is 5.97 Å². The number of carboxylic acid groups (broad SMARTS) is 1. The van der Waals surface area contributed by atoms with E-state index in [1.54, 1.807) is 6.07 Å². The number of aromatic carboxylic acids is 1. The number of carbonyl (C=O) groups is 1. The Balaban J connectivity index is 1.58. The zero-order valence-electron chi connectivity index (χ0n) is 17.6. The summed E-state index contributed by atoms with van der Waals surface area (Å²) in [6, 6.07) is 12.1. The van der Waals surface area contributed by atoms with Crippen LogP contribution in [0.4, 0.5) is 0 Å². The van der Waals surface area contributed by atoms with Gasteiger partial charge in [-0.05, 0) is 77.8 Å². The molecule has 0 fully saturated rings. The van der Waals surface area contributed by atoms with Crippen LogP contribution in [0, 0.1) is 5.92 Å². The summed E-state index contributed by atoms with van der Waals surface area (Å²) in [5, 5.41) is 19.5. The van der Waals surface area contributed by atoms with Crippen molar-refractivity contribution in [3.63, 3.8) is 0 Å². The van der Waals surface area contributed by atoms with Crippen molar-refractivity contribution < 1.29 is 15.0 Å². The summed E-state index contributed by atoms with van der Waals surface area (Å²) in [4.78, 5) is 12.6. The summed E-state index contributed by atoms with van der Waals surface area (Å²) < 4.78 is 1.30. The molecule has 0 bridgehead atoms. The van der Waals surface area contributed by atoms with Gasteiger partial charge in [0.25, 0.3) is 0 Å². The number of allylic oxidation sites excluding steroid dienone is 2. The van der Waals surface area contributed by atoms with Gasteiger partial charge in [-0.15, -0.1) is 11.3 Å². The van der Waals surface area contributed by atoms with E-state index in [-0.39, 0.29) is 6.10 Å². The molecule has 2 N–H and O–H groups in total. The molecule has 162 valence electrons. The third-order valence-corrected chi connectivity index (χ3v) is 7.91. The molecule has 0 amide bonds. The highest BCUT2D eigenvalue weighted by Gasteiger charge is 2.25. The molecule has 3 rings (SSSR count). The molecular formula is C25H31BrO3S. The standard InChI is InChI=1S/C25H31BrO3S/c1-2-3-4-8-22(27)17-9-11-19(12-10-17)24-18(13-15-21(24)26)6-5-7-20-14-16-23(30-20)25(28)29/h9-12,14,16,18,22,27H,2-8,13,15H2,1H3,(H,28,29)/t18?,22-/m0/s1. The van der Waals surface area contributed by atoms with E-state index in [0.29, 0.717) is 10.8 Å². The molecule has 1 unspecified atom stereocenters. The van der Waals surface area contributed by atoms with Crippen LogP contribution in [0.25, 0.3) is 5.57 Å². The third kappa shape index (κ3) is 6.05. The Bertz CT molecular complexity index is 869. The van der Waals surface area contributed by atoms with Gasteiger partial charge in [0.15, 0.2) is 0 Å². The number of hydrogen-bond acceptors (Lipinski definition) is 3. The minimum atomic E-state index is -0.838. The lowest BCUT2D eigenvalue weighted by molar-refractivity contribution is 0.0702. The summed E-state index contributed by atoms with van der Waals surface area (Å²) in [6.07, 6.45) is 9.18. The van der Waals surface area contributed by atoms with Crippen molar-refractivity contribution in [3.8, 4) is 0 Å². The first-order valence-electron chi connectivity index (χ1n) is 11.0. The molecule has 1 aromatic heterocycles. The Morgan fingerprint density at radius 3 is 2.60 bits per heavy atom. The van der Waals surface area contributed by atoms with E-state index in [0.717, 1.165) is 55.4 Å². The van der Waals surface area contributed by atoms with Crippen LogP contribution in [0.5, 0.6) is 0 Å². The van der Waals surface area contributed by atoms with Gasteiger partial charge >= 0.3 is 5.97 Å². The monoisotopic (exact) mass is 490 g/mol. The Labute approximate surface area is 192 Å². The third-order valence-electron chi connectivity index (χ3n) is 5.95. The topological polar surface area (TPSA) is 57.5 Å². The van der Waals surface area contributed by atoms with Gasteiger partial charge in [-0.1, -0.05) is 66.4 Å². The van der Waals surface area contributed by atoms with Gasteiger partial charge in [-0.2, -0.15) is 0 Å². The normalized spacial score (nSPS) is 17.5. The van der Waals surface area contributed by atoms with Crippen molar-refractivity contribution in [1.82, 2.24) is 0 Å². The number of halogens is 1. The molecule has 2 aromatic rings. The number of unbranched alkanes of at least 4 members (excludes halogenated alkanes) is 2. The summed E-state index contributed by atoms with van der Waals surface area (Å²) in [5.41, 5.74) is 3.66. The van der Waals surface area contributed by atoms with Gasteiger partial charge in [-0.25, -0.2) is 4.79 Å². The van der Waals surface area contributed by atoms with Crippen LogP contribution in [-0.2, 0) is 6.42 Å². The fourth-order valence-corrected chi connectivity index (χ4v) is 5.94. The molecule has 3 nitrogen and oxygen atoms in total. The number of thiophene rings is 1. The first-order valence-corrected chi connectivity index (χ1v) is 12.6. The van der Waals surface area contributed by atoms with E-state index in [2.05, 4.69) is 47.1 Å². The van der Waals surface area contributed by atoms with E-state index in [9.17, 15) is 9.90 Å². The number of rotatable bonds is 11. The van der Waals surface area contributed by atoms with Crippen molar-refractivity contribution in [3.05, 3.63) is 61.8 Å². The Kier molecular flexibility index (Phi) is 8.72. The van der Waals surface area contributed by atoms with Gasteiger partial charge < -0.3 is 10.2 Å². The minimum absolute atomic E-state index is 0.371. The number of benzene rings is 1. The highest BCUT2D eigenvalue weighted by Crippen LogP contribution is 2.44. The molecule has 1 aromatic carbocycles. The van der Waals surface area contributed by atoms with Gasteiger partial charge in [-0.3, -0.25) is 0 Å². The van der Waals surface area contributed by atoms with E-state index in [1.165, 1.54) is 39.8 Å². The fraction of sp³-hybridized carbons (Fsp3) is 0.480. The second kappa shape index (κ2) is 11.3. The maximum Gasteiger partial charge on any atom is 0.345 e. The van der Waals surface area contributed by atoms with Gasteiger partial charge in [0.2, 0.25) is 0 Å². The second-order valence-corrected chi connectivity index (χ2v) is 10.3. The molecule has 1 aliphatic carbocycles. The lowest BCUT2D eigenvalue weighted by Gasteiger charge is -2.17. The van der Waals surface area contributed by atoms with Crippen LogP contribution in [0.1, 0.15) is 90.1 Å². The van der Waals surface area contributed by atoms with Crippen molar-refractivity contribution >= 4 is 38.8 Å². The van der Waals surface area contributed by atoms with Crippen LogP contribution in [-0.4, -0.2) is 16.2 Å². The summed E-state index contributed by atoms with van der Waals surface area (Å²) in [5.74, 6) is -0.311. The van der Waals surface area contributed by atoms with Crippen LogP contribution in [0.3, 0.4) is 0 Å². The van der Waals surface area contributed by atoms with Gasteiger partial charge in [0.1, 0.15) is 4.88 Å². The maximum absolute atomic E-state index is 11.0. The molecule has 0 saturated carbocycles. The largest absolute Gasteiger partial charge is 0.477 e. The average molecular weight is 491 g/mol. The molecule has 30 heavy (non-hydrogen) atoms. The smallest absolute Gasteiger partial charge is 0.345 e. The molecule has 1 aliphatic rings. The average Bonchev–Trinajstić information content (AvgIpc) is 3.35. The molecular weight excluding hydrogens is 460 g/mol. The van der Waals surface area contributed by atoms with E-state index >= 15 is 0 Å². The van der Waals surface area contributed by atoms with Gasteiger partial charge in [0, 0.05) is 4.88 Å². The van der Waals surface area contributed by atoms with Crippen LogP contribution in [0.2, 0.25) is 0 Å². The zero-order valence-corrected chi connectivity index (χ0v) is 20.0. The fourth-order valence-electron chi connectivity index (χ4n) is 4.27. The molecule has 1 heterocycles. The molecule has 2 atom stereocenters. The minimum Gasteiger partial charge on any atom is -0.477 e. The molecule has 0 radical (unpaired) electrons. The highest BCUT2D eigenvalue weighted by atomic mass is 79.9. The number of aliphatic hydroxyl groups is 1. The van der Waals surface area contributed by atoms with Crippen molar-refractivity contribution in [2.75, 3.05) is 0 Å². The maximum atomic E-state index is 11.0. The second-order valence-electron chi connectivity index (χ2n) is 8.15. The highest BCUT2D eigenvalue weighted by molar-refractivity contribution is 9.11. The Hall–Kier alpha value is -1.43. The van der Waals surface area contributed by atoms with Crippen molar-refractivity contribution in [2.24, 2.45) is 5.92 Å².